The minimum atomic E-state index is -0.538. The molecule has 0 aliphatic carbocycles. The van der Waals surface area contributed by atoms with E-state index < -0.39 is 5.91 Å². The van der Waals surface area contributed by atoms with Crippen molar-refractivity contribution in [1.29, 1.82) is 5.26 Å². The van der Waals surface area contributed by atoms with Crippen LogP contribution in [0.4, 0.5) is 5.69 Å². The van der Waals surface area contributed by atoms with Crippen molar-refractivity contribution >= 4 is 11.6 Å². The lowest BCUT2D eigenvalue weighted by Crippen LogP contribution is -2.21. The van der Waals surface area contributed by atoms with Crippen LogP contribution in [0.2, 0.25) is 0 Å². The second-order valence-electron chi connectivity index (χ2n) is 3.99. The summed E-state index contributed by atoms with van der Waals surface area (Å²) in [5.41, 5.74) is 1.19. The van der Waals surface area contributed by atoms with Gasteiger partial charge in [-0.3, -0.25) is 9.59 Å². The number of carbonyl (C=O) groups is 1. The van der Waals surface area contributed by atoms with Crippen molar-refractivity contribution in [3.63, 3.8) is 0 Å². The van der Waals surface area contributed by atoms with Crippen molar-refractivity contribution in [3.8, 4) is 6.07 Å². The molecule has 5 heteroatoms. The van der Waals surface area contributed by atoms with Gasteiger partial charge in [0.05, 0.1) is 11.3 Å². The number of nitrogens with zero attached hydrogens (tertiary/aromatic N) is 1. The van der Waals surface area contributed by atoms with Gasteiger partial charge in [0.15, 0.2) is 5.43 Å². The first-order valence-corrected chi connectivity index (χ1v) is 5.61. The first-order valence-electron chi connectivity index (χ1n) is 5.61. The second-order valence-corrected chi connectivity index (χ2v) is 3.99. The smallest absolute Gasteiger partial charge is 0.261 e. The Hall–Kier alpha value is -2.87. The highest BCUT2D eigenvalue weighted by Crippen LogP contribution is 2.18. The van der Waals surface area contributed by atoms with Gasteiger partial charge in [0.2, 0.25) is 0 Å². The monoisotopic (exact) mass is 253 g/mol. The molecule has 0 aliphatic rings. The summed E-state index contributed by atoms with van der Waals surface area (Å²) < 4.78 is 0. The zero-order chi connectivity index (χ0) is 13.8. The topological polar surface area (TPSA) is 85.8 Å². The zero-order valence-corrected chi connectivity index (χ0v) is 10.2. The molecule has 1 heterocycles. The van der Waals surface area contributed by atoms with E-state index in [0.29, 0.717) is 11.3 Å². The number of aromatic nitrogens is 1. The van der Waals surface area contributed by atoms with Crippen LogP contribution < -0.4 is 10.7 Å². The van der Waals surface area contributed by atoms with Crippen molar-refractivity contribution in [2.45, 2.75) is 6.92 Å². The third kappa shape index (κ3) is 2.53. The van der Waals surface area contributed by atoms with Gasteiger partial charge in [-0.25, -0.2) is 0 Å². The SMILES string of the molecule is Cc1cccc(NC(=O)c2c[nH]ccc2=O)c1C#N. The Morgan fingerprint density at radius 1 is 1.37 bits per heavy atom. The molecule has 0 aliphatic heterocycles. The van der Waals surface area contributed by atoms with Crippen molar-refractivity contribution in [2.24, 2.45) is 0 Å². The maximum absolute atomic E-state index is 12.0. The maximum Gasteiger partial charge on any atom is 0.261 e. The fourth-order valence-corrected chi connectivity index (χ4v) is 1.70. The number of hydrogen-bond donors (Lipinski definition) is 2. The molecule has 2 rings (SSSR count). The van der Waals surface area contributed by atoms with Crippen molar-refractivity contribution in [1.82, 2.24) is 4.98 Å². The summed E-state index contributed by atoms with van der Waals surface area (Å²) in [5, 5.41) is 11.6. The zero-order valence-electron chi connectivity index (χ0n) is 10.2. The van der Waals surface area contributed by atoms with E-state index in [1.54, 1.807) is 25.1 Å². The quantitative estimate of drug-likeness (QED) is 0.855. The first kappa shape index (κ1) is 12.6. The molecule has 0 unspecified atom stereocenters. The molecule has 19 heavy (non-hydrogen) atoms. The Bertz CT molecular complexity index is 726. The summed E-state index contributed by atoms with van der Waals surface area (Å²) in [5.74, 6) is -0.538. The number of nitriles is 1. The normalized spacial score (nSPS) is 9.68. The Kier molecular flexibility index (Phi) is 3.44. The van der Waals surface area contributed by atoms with Gasteiger partial charge in [-0.15, -0.1) is 0 Å². The third-order valence-corrected chi connectivity index (χ3v) is 2.70. The standard InChI is InChI=1S/C14H11N3O2/c1-9-3-2-4-12(10(9)7-15)17-14(19)11-8-16-6-5-13(11)18/h2-6,8H,1H3,(H,16,18)(H,17,19). The molecule has 1 aromatic carbocycles. The van der Waals surface area contributed by atoms with Crippen LogP contribution in [-0.2, 0) is 0 Å². The summed E-state index contributed by atoms with van der Waals surface area (Å²) >= 11 is 0. The van der Waals surface area contributed by atoms with Gasteiger partial charge >= 0.3 is 0 Å². The summed E-state index contributed by atoms with van der Waals surface area (Å²) in [6.07, 6.45) is 2.78. The van der Waals surface area contributed by atoms with Gasteiger partial charge in [0.1, 0.15) is 11.6 Å². The van der Waals surface area contributed by atoms with Crippen molar-refractivity contribution in [3.05, 3.63) is 63.6 Å². The molecule has 1 amide bonds. The highest BCUT2D eigenvalue weighted by Gasteiger charge is 2.12. The summed E-state index contributed by atoms with van der Waals surface area (Å²) in [6.45, 7) is 1.78. The summed E-state index contributed by atoms with van der Waals surface area (Å²) in [4.78, 5) is 26.2. The van der Waals surface area contributed by atoms with E-state index in [1.165, 1.54) is 18.5 Å². The molecule has 0 atom stereocenters. The highest BCUT2D eigenvalue weighted by atomic mass is 16.2. The Morgan fingerprint density at radius 3 is 2.84 bits per heavy atom. The number of H-pyrrole nitrogens is 1. The van der Waals surface area contributed by atoms with Crippen LogP contribution in [0.5, 0.6) is 0 Å². The van der Waals surface area contributed by atoms with E-state index in [-0.39, 0.29) is 11.0 Å². The Morgan fingerprint density at radius 2 is 2.16 bits per heavy atom. The number of anilines is 1. The van der Waals surface area contributed by atoms with Crippen LogP contribution in [-0.4, -0.2) is 10.9 Å². The fourth-order valence-electron chi connectivity index (χ4n) is 1.70. The van der Waals surface area contributed by atoms with Gasteiger partial charge in [0.25, 0.3) is 5.91 Å². The maximum atomic E-state index is 12.0. The van der Waals surface area contributed by atoms with Crippen LogP contribution in [0.25, 0.3) is 0 Å². The third-order valence-electron chi connectivity index (χ3n) is 2.70. The minimum Gasteiger partial charge on any atom is -0.367 e. The lowest BCUT2D eigenvalue weighted by molar-refractivity contribution is 0.102. The fraction of sp³-hybridized carbons (Fsp3) is 0.0714. The van der Waals surface area contributed by atoms with Crippen molar-refractivity contribution in [2.75, 3.05) is 5.32 Å². The molecule has 2 aromatic rings. The molecule has 0 fully saturated rings. The van der Waals surface area contributed by atoms with Gasteiger partial charge in [-0.05, 0) is 18.6 Å². The number of rotatable bonds is 2. The summed E-state index contributed by atoms with van der Waals surface area (Å²) in [6, 6.07) is 8.45. The van der Waals surface area contributed by atoms with Crippen LogP contribution in [0.3, 0.4) is 0 Å². The highest BCUT2D eigenvalue weighted by molar-refractivity contribution is 6.04. The molecule has 94 valence electrons. The predicted octanol–water partition coefficient (Wildman–Crippen LogP) is 1.81. The Balaban J connectivity index is 2.36. The molecule has 0 saturated carbocycles. The Labute approximate surface area is 109 Å². The molecule has 2 N–H and O–H groups in total. The van der Waals surface area contributed by atoms with Crippen molar-refractivity contribution < 1.29 is 4.79 Å². The van der Waals surface area contributed by atoms with E-state index in [1.807, 2.05) is 6.07 Å². The van der Waals surface area contributed by atoms with E-state index >= 15 is 0 Å². The average Bonchev–Trinajstić information content (AvgIpc) is 2.39. The van der Waals surface area contributed by atoms with Crippen LogP contribution in [0.15, 0.2) is 41.5 Å². The number of pyridine rings is 1. The number of benzene rings is 1. The molecule has 0 radical (unpaired) electrons. The number of amides is 1. The molecule has 0 spiro atoms. The summed E-state index contributed by atoms with van der Waals surface area (Å²) in [7, 11) is 0. The van der Waals surface area contributed by atoms with E-state index in [2.05, 4.69) is 10.3 Å². The van der Waals surface area contributed by atoms with Gasteiger partial charge in [0, 0.05) is 18.5 Å². The molecule has 0 bridgehead atoms. The van der Waals surface area contributed by atoms with E-state index in [0.717, 1.165) is 5.56 Å². The van der Waals surface area contributed by atoms with Gasteiger partial charge in [-0.1, -0.05) is 12.1 Å². The second kappa shape index (κ2) is 5.19. The van der Waals surface area contributed by atoms with E-state index in [9.17, 15) is 9.59 Å². The number of carbonyl (C=O) groups excluding carboxylic acids is 1. The number of nitrogens with one attached hydrogen (secondary N) is 2. The van der Waals surface area contributed by atoms with Crippen LogP contribution in [0.1, 0.15) is 21.5 Å². The first-order chi connectivity index (χ1) is 9.13. The molecule has 0 saturated heterocycles. The van der Waals surface area contributed by atoms with Gasteiger partial charge in [-0.2, -0.15) is 5.26 Å². The van der Waals surface area contributed by atoms with E-state index in [4.69, 9.17) is 5.26 Å². The average molecular weight is 253 g/mol. The minimum absolute atomic E-state index is 0.00731. The van der Waals surface area contributed by atoms with Crippen LogP contribution in [0, 0.1) is 18.3 Å². The lowest BCUT2D eigenvalue weighted by Gasteiger charge is -2.08. The molecule has 5 nitrogen and oxygen atoms in total. The number of aromatic amines is 1. The molecular weight excluding hydrogens is 242 g/mol. The number of aryl methyl sites for hydroxylation is 1. The largest absolute Gasteiger partial charge is 0.367 e. The molecule has 1 aromatic heterocycles. The lowest BCUT2D eigenvalue weighted by atomic mass is 10.1. The van der Waals surface area contributed by atoms with Gasteiger partial charge < -0.3 is 10.3 Å². The predicted molar refractivity (Wildman–Crippen MR) is 70.9 cm³/mol. The molecular formula is C14H11N3O2. The van der Waals surface area contributed by atoms with Crippen LogP contribution >= 0.6 is 0 Å². The number of hydrogen-bond acceptors (Lipinski definition) is 3.